The molecule has 1 aliphatic carbocycles. The zero-order chi connectivity index (χ0) is 12.6. The first-order valence-electron chi connectivity index (χ1n) is 6.44. The van der Waals surface area contributed by atoms with E-state index in [1.807, 2.05) is 0 Å². The number of ketones is 1. The molecule has 2 fully saturated rings. The summed E-state index contributed by atoms with van der Waals surface area (Å²) < 4.78 is 0.438. The minimum atomic E-state index is -0.155. The van der Waals surface area contributed by atoms with Crippen molar-refractivity contribution in [3.63, 3.8) is 0 Å². The fraction of sp³-hybridized carbons (Fsp3) is 0.846. The van der Waals surface area contributed by atoms with Gasteiger partial charge in [-0.2, -0.15) is 0 Å². The molecule has 1 saturated carbocycles. The molecule has 1 saturated heterocycles. The lowest BCUT2D eigenvalue weighted by Crippen LogP contribution is -2.43. The Morgan fingerprint density at radius 3 is 2.24 bits per heavy atom. The first-order valence-corrected chi connectivity index (χ1v) is 7.68. The van der Waals surface area contributed by atoms with E-state index in [4.69, 9.17) is 0 Å². The van der Waals surface area contributed by atoms with Crippen molar-refractivity contribution < 1.29 is 9.59 Å². The normalized spacial score (nSPS) is 34.3. The van der Waals surface area contributed by atoms with E-state index in [2.05, 4.69) is 22.6 Å². The lowest BCUT2D eigenvalue weighted by molar-refractivity contribution is -0.136. The van der Waals surface area contributed by atoms with E-state index in [0.717, 1.165) is 6.54 Å². The van der Waals surface area contributed by atoms with Crippen molar-refractivity contribution in [2.24, 2.45) is 11.8 Å². The fourth-order valence-electron chi connectivity index (χ4n) is 3.54. The van der Waals surface area contributed by atoms with Crippen LogP contribution >= 0.6 is 22.6 Å². The molecule has 3 nitrogen and oxygen atoms in total. The van der Waals surface area contributed by atoms with E-state index >= 15 is 0 Å². The van der Waals surface area contributed by atoms with Crippen LogP contribution in [0.3, 0.4) is 0 Å². The molecule has 0 aromatic heterocycles. The molecular weight excluding hydrogens is 329 g/mol. The van der Waals surface area contributed by atoms with E-state index in [9.17, 15) is 9.59 Å². The van der Waals surface area contributed by atoms with Gasteiger partial charge in [0.2, 0.25) is 5.91 Å². The molecule has 0 radical (unpaired) electrons. The molecule has 0 aromatic carbocycles. The average Bonchev–Trinajstić information content (AvgIpc) is 2.83. The largest absolute Gasteiger partial charge is 0.332 e. The van der Waals surface area contributed by atoms with Gasteiger partial charge in [0.15, 0.2) is 5.78 Å². The summed E-state index contributed by atoms with van der Waals surface area (Å²) in [4.78, 5) is 25.3. The Labute approximate surface area is 116 Å². The number of likely N-dealkylation sites (tertiary alicyclic amines) is 1. The average molecular weight is 349 g/mol. The van der Waals surface area contributed by atoms with Gasteiger partial charge in [-0.1, -0.05) is 48.3 Å². The molecule has 17 heavy (non-hydrogen) atoms. The summed E-state index contributed by atoms with van der Waals surface area (Å²) in [6.45, 7) is 3.97. The monoisotopic (exact) mass is 349 g/mol. The Morgan fingerprint density at radius 2 is 1.76 bits per heavy atom. The van der Waals surface area contributed by atoms with Crippen LogP contribution in [0, 0.1) is 11.8 Å². The van der Waals surface area contributed by atoms with Gasteiger partial charge >= 0.3 is 0 Å². The number of hydrogen-bond acceptors (Lipinski definition) is 2. The Balaban J connectivity index is 2.22. The molecule has 2 rings (SSSR count). The van der Waals surface area contributed by atoms with E-state index in [0.29, 0.717) is 15.8 Å². The Bertz CT molecular complexity index is 325. The van der Waals surface area contributed by atoms with Crippen molar-refractivity contribution in [3.05, 3.63) is 0 Å². The maximum absolute atomic E-state index is 11.9. The van der Waals surface area contributed by atoms with Gasteiger partial charge in [0.25, 0.3) is 0 Å². The van der Waals surface area contributed by atoms with Crippen LogP contribution in [0.5, 0.6) is 0 Å². The highest BCUT2D eigenvalue weighted by Gasteiger charge is 2.47. The highest BCUT2D eigenvalue weighted by molar-refractivity contribution is 14.1. The second-order valence-corrected chi connectivity index (χ2v) is 6.96. The van der Waals surface area contributed by atoms with Crippen molar-refractivity contribution in [2.45, 2.75) is 49.5 Å². The topological polar surface area (TPSA) is 37.4 Å². The van der Waals surface area contributed by atoms with Gasteiger partial charge < -0.3 is 4.90 Å². The summed E-state index contributed by atoms with van der Waals surface area (Å²) in [5, 5.41) is 0. The van der Waals surface area contributed by atoms with Crippen LogP contribution in [0.25, 0.3) is 0 Å². The predicted octanol–water partition coefficient (Wildman–Crippen LogP) is 2.42. The standard InChI is InChI=1S/C13H20INO2/c1-8(16)13-12(10-5-3-4-6-10)11(14)7-15(13)9(2)17/h10-13H,3-7H2,1-2H3/t11-,12-,13+/m0/s1. The highest BCUT2D eigenvalue weighted by Crippen LogP contribution is 2.43. The molecule has 2 aliphatic rings. The molecule has 0 N–H and O–H groups in total. The van der Waals surface area contributed by atoms with E-state index in [1.165, 1.54) is 25.7 Å². The highest BCUT2D eigenvalue weighted by atomic mass is 127. The molecule has 4 heteroatoms. The summed E-state index contributed by atoms with van der Waals surface area (Å²) in [6, 6.07) is -0.155. The molecule has 0 aromatic rings. The molecular formula is C13H20INO2. The summed E-state index contributed by atoms with van der Waals surface area (Å²) >= 11 is 2.43. The molecule has 1 heterocycles. The zero-order valence-corrected chi connectivity index (χ0v) is 12.6. The van der Waals surface area contributed by atoms with Gasteiger partial charge in [-0.25, -0.2) is 0 Å². The number of rotatable bonds is 2. The predicted molar refractivity (Wildman–Crippen MR) is 75.1 cm³/mol. The van der Waals surface area contributed by atoms with Gasteiger partial charge in [0, 0.05) is 23.3 Å². The SMILES string of the molecule is CC(=O)[C@@H]1[C@@H](C2CCCC2)[C@@H](I)CN1C(C)=O. The molecule has 3 atom stereocenters. The first-order chi connectivity index (χ1) is 8.02. The third kappa shape index (κ3) is 2.51. The van der Waals surface area contributed by atoms with E-state index in [1.54, 1.807) is 18.7 Å². The van der Waals surface area contributed by atoms with Crippen molar-refractivity contribution >= 4 is 34.3 Å². The van der Waals surface area contributed by atoms with Crippen LogP contribution in [-0.4, -0.2) is 33.1 Å². The maximum atomic E-state index is 11.9. The van der Waals surface area contributed by atoms with Gasteiger partial charge in [0.1, 0.15) is 0 Å². The van der Waals surface area contributed by atoms with Gasteiger partial charge in [0.05, 0.1) is 6.04 Å². The lowest BCUT2D eigenvalue weighted by atomic mass is 9.83. The number of Topliss-reactive ketones (excluding diaryl/α,β-unsaturated/α-hetero) is 1. The zero-order valence-electron chi connectivity index (χ0n) is 10.5. The van der Waals surface area contributed by atoms with Crippen LogP contribution in [-0.2, 0) is 9.59 Å². The Hall–Kier alpha value is -0.130. The number of halogens is 1. The second-order valence-electron chi connectivity index (χ2n) is 5.36. The van der Waals surface area contributed by atoms with E-state index < -0.39 is 0 Å². The van der Waals surface area contributed by atoms with Crippen molar-refractivity contribution in [3.8, 4) is 0 Å². The maximum Gasteiger partial charge on any atom is 0.220 e. The van der Waals surface area contributed by atoms with Crippen molar-refractivity contribution in [1.82, 2.24) is 4.90 Å². The van der Waals surface area contributed by atoms with Crippen molar-refractivity contribution in [1.29, 1.82) is 0 Å². The molecule has 0 bridgehead atoms. The fourth-order valence-corrected chi connectivity index (χ4v) is 4.94. The van der Waals surface area contributed by atoms with Crippen LogP contribution in [0.1, 0.15) is 39.5 Å². The van der Waals surface area contributed by atoms with Gasteiger partial charge in [-0.3, -0.25) is 9.59 Å². The minimum absolute atomic E-state index is 0.0485. The number of hydrogen-bond donors (Lipinski definition) is 0. The minimum Gasteiger partial charge on any atom is -0.332 e. The Kier molecular flexibility index (Phi) is 4.10. The number of carbonyl (C=O) groups is 2. The summed E-state index contributed by atoms with van der Waals surface area (Å²) in [6.07, 6.45) is 5.05. The van der Waals surface area contributed by atoms with Crippen LogP contribution < -0.4 is 0 Å². The van der Waals surface area contributed by atoms with E-state index in [-0.39, 0.29) is 17.7 Å². The van der Waals surface area contributed by atoms with Crippen LogP contribution in [0.2, 0.25) is 0 Å². The summed E-state index contributed by atoms with van der Waals surface area (Å²) in [5.41, 5.74) is 0. The molecule has 1 aliphatic heterocycles. The third-order valence-electron chi connectivity index (χ3n) is 4.25. The van der Waals surface area contributed by atoms with Crippen LogP contribution in [0.15, 0.2) is 0 Å². The smallest absolute Gasteiger partial charge is 0.220 e. The summed E-state index contributed by atoms with van der Waals surface area (Å²) in [5.74, 6) is 1.25. The molecule has 0 unspecified atom stereocenters. The lowest BCUT2D eigenvalue weighted by Gasteiger charge is -2.29. The molecule has 96 valence electrons. The second kappa shape index (κ2) is 5.24. The first kappa shape index (κ1) is 13.3. The van der Waals surface area contributed by atoms with Gasteiger partial charge in [-0.15, -0.1) is 0 Å². The number of alkyl halides is 1. The summed E-state index contributed by atoms with van der Waals surface area (Å²) in [7, 11) is 0. The van der Waals surface area contributed by atoms with Crippen molar-refractivity contribution in [2.75, 3.05) is 6.54 Å². The quantitative estimate of drug-likeness (QED) is 0.567. The van der Waals surface area contributed by atoms with Gasteiger partial charge in [-0.05, 0) is 12.8 Å². The number of amides is 1. The van der Waals surface area contributed by atoms with Crippen LogP contribution in [0.4, 0.5) is 0 Å². The number of nitrogens with zero attached hydrogens (tertiary/aromatic N) is 1. The molecule has 1 amide bonds. The Morgan fingerprint density at radius 1 is 1.18 bits per heavy atom. The molecule has 0 spiro atoms. The third-order valence-corrected chi connectivity index (χ3v) is 5.48. The number of carbonyl (C=O) groups excluding carboxylic acids is 2.